The SMILES string of the molecule is Cc1[nH]ncc1C(=O)N1CCCC(c2nc(N(C)C)ncc2-c2cccc(F)c2)C1. The molecule has 3 heterocycles. The van der Waals surface area contributed by atoms with Crippen molar-refractivity contribution in [3.63, 3.8) is 0 Å². The third-order valence-electron chi connectivity index (χ3n) is 5.50. The number of hydrogen-bond donors (Lipinski definition) is 1. The van der Waals surface area contributed by atoms with Crippen molar-refractivity contribution >= 4 is 11.9 Å². The van der Waals surface area contributed by atoms with E-state index in [0.29, 0.717) is 24.6 Å². The highest BCUT2D eigenvalue weighted by Crippen LogP contribution is 2.34. The van der Waals surface area contributed by atoms with Gasteiger partial charge in [-0.15, -0.1) is 0 Å². The molecular formula is C22H25FN6O. The maximum absolute atomic E-state index is 13.9. The third kappa shape index (κ3) is 3.90. The fraction of sp³-hybridized carbons (Fsp3) is 0.364. The number of rotatable bonds is 4. The Hall–Kier alpha value is -3.29. The quantitative estimate of drug-likeness (QED) is 0.716. The monoisotopic (exact) mass is 408 g/mol. The van der Waals surface area contributed by atoms with Crippen molar-refractivity contribution in [1.82, 2.24) is 25.1 Å². The van der Waals surface area contributed by atoms with Crippen molar-refractivity contribution in [3.8, 4) is 11.1 Å². The topological polar surface area (TPSA) is 78.0 Å². The normalized spacial score (nSPS) is 16.5. The Bertz CT molecular complexity index is 1060. The molecule has 3 aromatic rings. The number of aryl methyl sites for hydroxylation is 1. The molecule has 8 heteroatoms. The first-order valence-corrected chi connectivity index (χ1v) is 10.0. The number of hydrogen-bond acceptors (Lipinski definition) is 5. The number of aromatic amines is 1. The molecule has 0 bridgehead atoms. The van der Waals surface area contributed by atoms with Crippen molar-refractivity contribution < 1.29 is 9.18 Å². The van der Waals surface area contributed by atoms with Gasteiger partial charge in [-0.3, -0.25) is 9.89 Å². The van der Waals surface area contributed by atoms with Gasteiger partial charge in [0.05, 0.1) is 17.5 Å². The maximum Gasteiger partial charge on any atom is 0.257 e. The Morgan fingerprint density at radius 2 is 2.13 bits per heavy atom. The van der Waals surface area contributed by atoms with Gasteiger partial charge in [0.25, 0.3) is 5.91 Å². The third-order valence-corrected chi connectivity index (χ3v) is 5.50. The summed E-state index contributed by atoms with van der Waals surface area (Å²) in [6, 6.07) is 6.47. The van der Waals surface area contributed by atoms with Crippen molar-refractivity contribution in [3.05, 3.63) is 59.4 Å². The van der Waals surface area contributed by atoms with Crippen LogP contribution in [0.25, 0.3) is 11.1 Å². The summed E-state index contributed by atoms with van der Waals surface area (Å²) in [6.07, 6.45) is 5.11. The number of likely N-dealkylation sites (tertiary alicyclic amines) is 1. The van der Waals surface area contributed by atoms with Crippen LogP contribution >= 0.6 is 0 Å². The summed E-state index contributed by atoms with van der Waals surface area (Å²) in [5.74, 6) is 0.306. The summed E-state index contributed by atoms with van der Waals surface area (Å²) >= 11 is 0. The first-order chi connectivity index (χ1) is 14.4. The molecule has 2 aromatic heterocycles. The zero-order valence-corrected chi connectivity index (χ0v) is 17.4. The molecule has 156 valence electrons. The van der Waals surface area contributed by atoms with E-state index in [0.717, 1.165) is 35.4 Å². The molecule has 1 saturated heterocycles. The largest absolute Gasteiger partial charge is 0.347 e. The number of carbonyl (C=O) groups is 1. The molecule has 1 fully saturated rings. The lowest BCUT2D eigenvalue weighted by molar-refractivity contribution is 0.0705. The van der Waals surface area contributed by atoms with Crippen LogP contribution in [-0.4, -0.2) is 58.2 Å². The van der Waals surface area contributed by atoms with Gasteiger partial charge in [-0.05, 0) is 37.5 Å². The summed E-state index contributed by atoms with van der Waals surface area (Å²) in [5, 5.41) is 6.80. The van der Waals surface area contributed by atoms with Gasteiger partial charge < -0.3 is 9.80 Å². The number of halogens is 1. The predicted molar refractivity (Wildman–Crippen MR) is 113 cm³/mol. The van der Waals surface area contributed by atoms with E-state index in [9.17, 15) is 9.18 Å². The van der Waals surface area contributed by atoms with Gasteiger partial charge >= 0.3 is 0 Å². The molecule has 1 amide bonds. The van der Waals surface area contributed by atoms with E-state index in [2.05, 4.69) is 15.2 Å². The van der Waals surface area contributed by atoms with E-state index >= 15 is 0 Å². The van der Waals surface area contributed by atoms with Crippen LogP contribution in [0.15, 0.2) is 36.7 Å². The lowest BCUT2D eigenvalue weighted by Gasteiger charge is -2.33. The lowest BCUT2D eigenvalue weighted by Crippen LogP contribution is -2.39. The van der Waals surface area contributed by atoms with Gasteiger partial charge in [0.1, 0.15) is 5.82 Å². The fourth-order valence-electron chi connectivity index (χ4n) is 3.91. The van der Waals surface area contributed by atoms with E-state index in [-0.39, 0.29) is 17.6 Å². The molecule has 7 nitrogen and oxygen atoms in total. The molecule has 0 aliphatic carbocycles. The summed E-state index contributed by atoms with van der Waals surface area (Å²) in [6.45, 7) is 3.09. The van der Waals surface area contributed by atoms with Crippen molar-refractivity contribution in [1.29, 1.82) is 0 Å². The van der Waals surface area contributed by atoms with Crippen LogP contribution in [0.2, 0.25) is 0 Å². The minimum Gasteiger partial charge on any atom is -0.347 e. The van der Waals surface area contributed by atoms with E-state index < -0.39 is 0 Å². The molecule has 1 aromatic carbocycles. The first-order valence-electron chi connectivity index (χ1n) is 10.0. The zero-order valence-electron chi connectivity index (χ0n) is 17.4. The second-order valence-corrected chi connectivity index (χ2v) is 7.87. The highest BCUT2D eigenvalue weighted by atomic mass is 19.1. The molecule has 4 rings (SSSR count). The molecule has 0 spiro atoms. The van der Waals surface area contributed by atoms with Crippen LogP contribution in [-0.2, 0) is 0 Å². The summed E-state index contributed by atoms with van der Waals surface area (Å²) in [5.41, 5.74) is 3.75. The molecule has 30 heavy (non-hydrogen) atoms. The second kappa shape index (κ2) is 8.22. The molecule has 1 N–H and O–H groups in total. The van der Waals surface area contributed by atoms with E-state index in [1.807, 2.05) is 36.9 Å². The smallest absolute Gasteiger partial charge is 0.257 e. The number of carbonyl (C=O) groups excluding carboxylic acids is 1. The molecule has 1 unspecified atom stereocenters. The summed E-state index contributed by atoms with van der Waals surface area (Å²) in [7, 11) is 3.78. The number of H-pyrrole nitrogens is 1. The number of amides is 1. The Morgan fingerprint density at radius 1 is 1.30 bits per heavy atom. The van der Waals surface area contributed by atoms with Crippen LogP contribution in [0.3, 0.4) is 0 Å². The highest BCUT2D eigenvalue weighted by Gasteiger charge is 2.29. The lowest BCUT2D eigenvalue weighted by atomic mass is 9.89. The Morgan fingerprint density at radius 3 is 2.83 bits per heavy atom. The number of nitrogens with zero attached hydrogens (tertiary/aromatic N) is 5. The molecule has 1 aliphatic heterocycles. The molecule has 0 saturated carbocycles. The Balaban J connectivity index is 1.70. The van der Waals surface area contributed by atoms with Gasteiger partial charge in [0, 0.05) is 50.6 Å². The van der Waals surface area contributed by atoms with E-state index in [1.165, 1.54) is 12.1 Å². The van der Waals surface area contributed by atoms with Crippen LogP contribution in [0.4, 0.5) is 10.3 Å². The summed E-state index contributed by atoms with van der Waals surface area (Å²) < 4.78 is 13.9. The van der Waals surface area contributed by atoms with Gasteiger partial charge in [-0.2, -0.15) is 5.10 Å². The molecule has 1 atom stereocenters. The minimum atomic E-state index is -0.300. The molecule has 0 radical (unpaired) electrons. The molecule has 1 aliphatic rings. The average Bonchev–Trinajstić information content (AvgIpc) is 3.18. The minimum absolute atomic E-state index is 0.0276. The maximum atomic E-state index is 13.9. The Labute approximate surface area is 175 Å². The second-order valence-electron chi connectivity index (χ2n) is 7.87. The van der Waals surface area contributed by atoms with Gasteiger partial charge in [0.15, 0.2) is 0 Å². The van der Waals surface area contributed by atoms with Crippen LogP contribution in [0.1, 0.15) is 40.5 Å². The number of aromatic nitrogens is 4. The van der Waals surface area contributed by atoms with Gasteiger partial charge in [-0.1, -0.05) is 12.1 Å². The van der Waals surface area contributed by atoms with E-state index in [4.69, 9.17) is 4.98 Å². The fourth-order valence-corrected chi connectivity index (χ4v) is 3.91. The first kappa shape index (κ1) is 20.0. The van der Waals surface area contributed by atoms with E-state index in [1.54, 1.807) is 18.5 Å². The van der Waals surface area contributed by atoms with Crippen molar-refractivity contribution in [2.24, 2.45) is 0 Å². The molecular weight excluding hydrogens is 383 g/mol. The predicted octanol–water partition coefficient (Wildman–Crippen LogP) is 3.40. The van der Waals surface area contributed by atoms with Gasteiger partial charge in [0.2, 0.25) is 5.95 Å². The van der Waals surface area contributed by atoms with Crippen LogP contribution in [0.5, 0.6) is 0 Å². The summed E-state index contributed by atoms with van der Waals surface area (Å²) in [4.78, 5) is 26.0. The van der Waals surface area contributed by atoms with Crippen LogP contribution in [0, 0.1) is 12.7 Å². The number of piperidine rings is 1. The average molecular weight is 408 g/mol. The number of anilines is 1. The van der Waals surface area contributed by atoms with Crippen LogP contribution < -0.4 is 4.90 Å². The number of benzene rings is 1. The number of nitrogens with one attached hydrogen (secondary N) is 1. The zero-order chi connectivity index (χ0) is 21.3. The van der Waals surface area contributed by atoms with Crippen molar-refractivity contribution in [2.45, 2.75) is 25.7 Å². The van der Waals surface area contributed by atoms with Gasteiger partial charge in [-0.25, -0.2) is 14.4 Å². The van der Waals surface area contributed by atoms with Crippen molar-refractivity contribution in [2.75, 3.05) is 32.1 Å². The standard InChI is InChI=1S/C22H25FN6O/c1-14-18(12-25-27-14)21(30)29-9-5-7-16(13-29)20-19(11-24-22(26-20)28(2)3)15-6-4-8-17(23)10-15/h4,6,8,10-12,16H,5,7,9,13H2,1-3H3,(H,25,27). The highest BCUT2D eigenvalue weighted by molar-refractivity contribution is 5.95. The Kier molecular flexibility index (Phi) is 5.48.